The summed E-state index contributed by atoms with van der Waals surface area (Å²) in [5.74, 6) is -0.425. The van der Waals surface area contributed by atoms with Gasteiger partial charge in [-0.15, -0.1) is 0 Å². The van der Waals surface area contributed by atoms with Crippen molar-refractivity contribution in [1.82, 2.24) is 10.6 Å². The van der Waals surface area contributed by atoms with Crippen LogP contribution in [0.5, 0.6) is 0 Å². The number of rotatable bonds is 7. The van der Waals surface area contributed by atoms with Gasteiger partial charge in [0, 0.05) is 12.2 Å². The number of furan rings is 1. The van der Waals surface area contributed by atoms with E-state index in [1.165, 1.54) is 17.0 Å². The van der Waals surface area contributed by atoms with Gasteiger partial charge in [0.25, 0.3) is 0 Å². The van der Waals surface area contributed by atoms with Gasteiger partial charge in [-0.25, -0.2) is 4.39 Å². The molecule has 1 aromatic heterocycles. The molecule has 2 aromatic rings. The molecule has 1 aromatic carbocycles. The summed E-state index contributed by atoms with van der Waals surface area (Å²) in [4.78, 5) is 27.6. The maximum absolute atomic E-state index is 13.2. The van der Waals surface area contributed by atoms with Crippen molar-refractivity contribution in [2.24, 2.45) is 5.92 Å². The summed E-state index contributed by atoms with van der Waals surface area (Å²) in [6.45, 7) is 8.00. The topological polar surface area (TPSA) is 79.0 Å². The standard InChI is InChI=1S/C22H29FN4O3/c1-16(2)14-24-21(28)22(29)25-15-19(20-4-3-13-30-20)27-11-9-26(10-12-27)18-7-5-17(23)6-8-18/h3-8,13,16,19H,9-12,14-15H2,1-2H3,(H,24,28)(H,25,29)/p+1/t19-/m1/s1. The number of quaternary nitrogens is 1. The Hall–Kier alpha value is -2.87. The fourth-order valence-electron chi connectivity index (χ4n) is 3.64. The number of halogens is 1. The minimum atomic E-state index is -0.628. The molecular formula is C22H30FN4O3+. The molecule has 30 heavy (non-hydrogen) atoms. The lowest BCUT2D eigenvalue weighted by atomic mass is 10.1. The van der Waals surface area contributed by atoms with Gasteiger partial charge in [0.05, 0.1) is 39.0 Å². The van der Waals surface area contributed by atoms with Crippen LogP contribution < -0.4 is 20.4 Å². The van der Waals surface area contributed by atoms with Crippen LogP contribution >= 0.6 is 0 Å². The molecule has 0 bridgehead atoms. The van der Waals surface area contributed by atoms with E-state index in [1.54, 1.807) is 18.4 Å². The third kappa shape index (κ3) is 5.82. The molecule has 3 rings (SSSR count). The third-order valence-electron chi connectivity index (χ3n) is 5.32. The van der Waals surface area contributed by atoms with Gasteiger partial charge in [0.2, 0.25) is 0 Å². The molecule has 162 valence electrons. The Kier molecular flexibility index (Phi) is 7.46. The van der Waals surface area contributed by atoms with Crippen LogP contribution in [0.4, 0.5) is 10.1 Å². The number of nitrogens with one attached hydrogen (secondary N) is 3. The quantitative estimate of drug-likeness (QED) is 0.581. The van der Waals surface area contributed by atoms with Crippen LogP contribution in [0.1, 0.15) is 25.6 Å². The smallest absolute Gasteiger partial charge is 0.309 e. The van der Waals surface area contributed by atoms with Gasteiger partial charge in [-0.2, -0.15) is 0 Å². The highest BCUT2D eigenvalue weighted by Gasteiger charge is 2.31. The first-order valence-electron chi connectivity index (χ1n) is 10.4. The van der Waals surface area contributed by atoms with Crippen LogP contribution in [-0.2, 0) is 9.59 Å². The first-order valence-corrected chi connectivity index (χ1v) is 10.4. The second-order valence-corrected chi connectivity index (χ2v) is 8.00. The number of nitrogens with zero attached hydrogens (tertiary/aromatic N) is 1. The maximum atomic E-state index is 13.2. The minimum Gasteiger partial charge on any atom is -0.463 e. The normalized spacial score (nSPS) is 15.8. The second kappa shape index (κ2) is 10.2. The number of benzene rings is 1. The number of amides is 2. The summed E-state index contributed by atoms with van der Waals surface area (Å²) in [5.41, 5.74) is 1.00. The minimum absolute atomic E-state index is 0.0859. The zero-order valence-corrected chi connectivity index (χ0v) is 17.5. The molecule has 2 amide bonds. The predicted molar refractivity (Wildman–Crippen MR) is 112 cm³/mol. The van der Waals surface area contributed by atoms with Crippen molar-refractivity contribution in [3.8, 4) is 0 Å². The SMILES string of the molecule is CC(C)CNC(=O)C(=O)NC[C@H](c1ccco1)[NH+]1CCN(c2ccc(F)cc2)CC1. The molecule has 0 saturated carbocycles. The van der Waals surface area contributed by atoms with Crippen molar-refractivity contribution in [3.05, 3.63) is 54.2 Å². The van der Waals surface area contributed by atoms with E-state index in [0.29, 0.717) is 13.1 Å². The molecule has 0 spiro atoms. The zero-order valence-electron chi connectivity index (χ0n) is 17.5. The predicted octanol–water partition coefficient (Wildman–Crippen LogP) is 0.753. The number of piperazine rings is 1. The van der Waals surface area contributed by atoms with Crippen molar-refractivity contribution >= 4 is 17.5 Å². The molecule has 0 aliphatic carbocycles. The Morgan fingerprint density at radius 1 is 1.07 bits per heavy atom. The Morgan fingerprint density at radius 3 is 2.27 bits per heavy atom. The summed E-state index contributed by atoms with van der Waals surface area (Å²) < 4.78 is 18.8. The average molecular weight is 418 g/mol. The monoisotopic (exact) mass is 417 g/mol. The van der Waals surface area contributed by atoms with E-state index in [2.05, 4.69) is 15.5 Å². The van der Waals surface area contributed by atoms with Gasteiger partial charge in [0.15, 0.2) is 11.8 Å². The van der Waals surface area contributed by atoms with Crippen molar-refractivity contribution in [2.45, 2.75) is 19.9 Å². The van der Waals surface area contributed by atoms with E-state index in [0.717, 1.165) is 37.6 Å². The molecule has 1 aliphatic rings. The molecule has 2 heterocycles. The van der Waals surface area contributed by atoms with Gasteiger partial charge in [-0.3, -0.25) is 9.59 Å². The Labute approximate surface area is 176 Å². The van der Waals surface area contributed by atoms with Crippen molar-refractivity contribution in [1.29, 1.82) is 0 Å². The average Bonchev–Trinajstić information content (AvgIpc) is 3.27. The van der Waals surface area contributed by atoms with Crippen molar-refractivity contribution in [2.75, 3.05) is 44.2 Å². The van der Waals surface area contributed by atoms with Crippen LogP contribution in [0.25, 0.3) is 0 Å². The molecule has 1 fully saturated rings. The number of carbonyl (C=O) groups is 2. The van der Waals surface area contributed by atoms with Crippen LogP contribution in [-0.4, -0.2) is 51.1 Å². The van der Waals surface area contributed by atoms with Gasteiger partial charge < -0.3 is 24.9 Å². The van der Waals surface area contributed by atoms with Gasteiger partial charge in [-0.05, 0) is 42.3 Å². The molecule has 1 atom stereocenters. The van der Waals surface area contributed by atoms with E-state index in [4.69, 9.17) is 4.42 Å². The Morgan fingerprint density at radius 2 is 1.70 bits per heavy atom. The molecule has 0 radical (unpaired) electrons. The number of hydrogen-bond donors (Lipinski definition) is 3. The lowest BCUT2D eigenvalue weighted by molar-refractivity contribution is -0.932. The number of hydrogen-bond acceptors (Lipinski definition) is 4. The molecule has 1 aliphatic heterocycles. The van der Waals surface area contributed by atoms with E-state index in [1.807, 2.05) is 26.0 Å². The van der Waals surface area contributed by atoms with E-state index in [-0.39, 0.29) is 17.8 Å². The fraction of sp³-hybridized carbons (Fsp3) is 0.455. The molecule has 8 heteroatoms. The largest absolute Gasteiger partial charge is 0.463 e. The second-order valence-electron chi connectivity index (χ2n) is 8.00. The summed E-state index contributed by atoms with van der Waals surface area (Å²) >= 11 is 0. The fourth-order valence-corrected chi connectivity index (χ4v) is 3.64. The van der Waals surface area contributed by atoms with E-state index < -0.39 is 11.8 Å². The van der Waals surface area contributed by atoms with Crippen molar-refractivity contribution < 1.29 is 23.3 Å². The number of anilines is 1. The molecular weight excluding hydrogens is 387 g/mol. The lowest BCUT2D eigenvalue weighted by Crippen LogP contribution is -3.15. The highest BCUT2D eigenvalue weighted by atomic mass is 19.1. The summed E-state index contributed by atoms with van der Waals surface area (Å²) in [5, 5.41) is 5.39. The van der Waals surface area contributed by atoms with Crippen molar-refractivity contribution in [3.63, 3.8) is 0 Å². The molecule has 1 saturated heterocycles. The maximum Gasteiger partial charge on any atom is 0.309 e. The highest BCUT2D eigenvalue weighted by Crippen LogP contribution is 2.16. The summed E-state index contributed by atoms with van der Waals surface area (Å²) in [6.07, 6.45) is 1.62. The van der Waals surface area contributed by atoms with Crippen LogP contribution in [0.15, 0.2) is 47.1 Å². The van der Waals surface area contributed by atoms with Crippen LogP contribution in [0, 0.1) is 11.7 Å². The van der Waals surface area contributed by atoms with E-state index >= 15 is 0 Å². The first kappa shape index (κ1) is 21.8. The molecule has 7 nitrogen and oxygen atoms in total. The lowest BCUT2D eigenvalue weighted by Gasteiger charge is -2.37. The number of carbonyl (C=O) groups excluding carboxylic acids is 2. The molecule has 0 unspecified atom stereocenters. The van der Waals surface area contributed by atoms with E-state index in [9.17, 15) is 14.0 Å². The van der Waals surface area contributed by atoms with Crippen LogP contribution in [0.3, 0.4) is 0 Å². The summed E-state index contributed by atoms with van der Waals surface area (Å²) in [7, 11) is 0. The first-order chi connectivity index (χ1) is 14.4. The van der Waals surface area contributed by atoms with Gasteiger partial charge >= 0.3 is 11.8 Å². The Balaban J connectivity index is 1.58. The third-order valence-corrected chi connectivity index (χ3v) is 5.32. The summed E-state index contributed by atoms with van der Waals surface area (Å²) in [6, 6.07) is 10.2. The molecule has 3 N–H and O–H groups in total. The highest BCUT2D eigenvalue weighted by molar-refractivity contribution is 6.35. The van der Waals surface area contributed by atoms with Crippen LogP contribution in [0.2, 0.25) is 0 Å². The van der Waals surface area contributed by atoms with Gasteiger partial charge in [-0.1, -0.05) is 13.8 Å². The van der Waals surface area contributed by atoms with Gasteiger partial charge in [0.1, 0.15) is 5.82 Å². The Bertz CT molecular complexity index is 815. The zero-order chi connectivity index (χ0) is 21.5.